The fourth-order valence-electron chi connectivity index (χ4n) is 6.32. The molecule has 0 aromatic heterocycles. The second kappa shape index (κ2) is 10.6. The Kier molecular flexibility index (Phi) is 7.27. The number of nitrogens with one attached hydrogen (secondary N) is 1. The number of likely N-dealkylation sites (tertiary alicyclic amines) is 1. The second-order valence-corrected chi connectivity index (χ2v) is 10.2. The highest BCUT2D eigenvalue weighted by Gasteiger charge is 2.54. The van der Waals surface area contributed by atoms with Gasteiger partial charge < -0.3 is 29.3 Å². The molecule has 1 aromatic carbocycles. The number of benzene rings is 1. The summed E-state index contributed by atoms with van der Waals surface area (Å²) in [6, 6.07) is 3.81. The Morgan fingerprint density at radius 3 is 2.55 bits per heavy atom. The van der Waals surface area contributed by atoms with Gasteiger partial charge in [0.05, 0.1) is 39.2 Å². The molecule has 3 heterocycles. The van der Waals surface area contributed by atoms with E-state index >= 15 is 0 Å². The highest BCUT2D eigenvalue weighted by molar-refractivity contribution is 5.83. The smallest absolute Gasteiger partial charge is 0.325 e. The van der Waals surface area contributed by atoms with Crippen molar-refractivity contribution in [2.75, 3.05) is 41.0 Å². The van der Waals surface area contributed by atoms with Crippen LogP contribution in [0, 0.1) is 0 Å². The van der Waals surface area contributed by atoms with Gasteiger partial charge in [-0.3, -0.25) is 4.90 Å². The lowest BCUT2D eigenvalue weighted by Gasteiger charge is -2.44. The summed E-state index contributed by atoms with van der Waals surface area (Å²) in [5, 5.41) is 3.07. The molecule has 4 aliphatic rings. The lowest BCUT2D eigenvalue weighted by molar-refractivity contribution is 0.104. The van der Waals surface area contributed by atoms with Crippen LogP contribution in [-0.2, 0) is 17.7 Å². The number of methoxy groups -OCH3 is 3. The normalized spacial score (nSPS) is 20.5. The molecule has 1 aromatic rings. The van der Waals surface area contributed by atoms with Gasteiger partial charge in [0.25, 0.3) is 0 Å². The summed E-state index contributed by atoms with van der Waals surface area (Å²) in [6.45, 7) is 4.25. The van der Waals surface area contributed by atoms with Crippen molar-refractivity contribution in [1.82, 2.24) is 20.0 Å². The summed E-state index contributed by atoms with van der Waals surface area (Å²) in [5.41, 5.74) is 3.52. The van der Waals surface area contributed by atoms with Gasteiger partial charge in [0.2, 0.25) is 0 Å². The maximum absolute atomic E-state index is 13.7. The van der Waals surface area contributed by atoms with Crippen molar-refractivity contribution in [3.63, 3.8) is 0 Å². The van der Waals surface area contributed by atoms with Gasteiger partial charge in [0, 0.05) is 49.1 Å². The third kappa shape index (κ3) is 4.48. The Balaban J connectivity index is 1.36. The Labute approximate surface area is 224 Å². The van der Waals surface area contributed by atoms with Gasteiger partial charge in [0.15, 0.2) is 0 Å². The van der Waals surface area contributed by atoms with Crippen LogP contribution >= 0.6 is 0 Å². The Bertz CT molecular complexity index is 1200. The Morgan fingerprint density at radius 1 is 1.08 bits per heavy atom. The van der Waals surface area contributed by atoms with Crippen LogP contribution in [0.15, 0.2) is 47.5 Å². The average Bonchev–Trinajstić information content (AvgIpc) is 3.17. The zero-order valence-corrected chi connectivity index (χ0v) is 22.8. The van der Waals surface area contributed by atoms with Crippen LogP contribution in [0.25, 0.3) is 0 Å². The van der Waals surface area contributed by atoms with E-state index in [0.717, 1.165) is 53.3 Å². The van der Waals surface area contributed by atoms with Crippen molar-refractivity contribution in [2.24, 2.45) is 0 Å². The SMILES string of the molecule is CCN1C(=O)N2Cc3cc(OC)cc(OC)c3CC=C2C12CCN(C(=O)NC1=CCCCC(OC)=C1)CC2. The third-order valence-electron chi connectivity index (χ3n) is 8.32. The van der Waals surface area contributed by atoms with Crippen molar-refractivity contribution in [2.45, 2.75) is 57.5 Å². The standard InChI is InChI=1S/C29H38N4O5/c1-5-33-28(35)32-19-20-16-23(37-3)18-25(38-4)24(20)10-11-26(32)29(33)12-14-31(15-13-29)27(34)30-21-8-6-7-9-22(17-21)36-2/h8,11,16-18H,5-7,9-10,12-15,19H2,1-4H3,(H,30,34). The summed E-state index contributed by atoms with van der Waals surface area (Å²) in [5.74, 6) is 2.37. The van der Waals surface area contributed by atoms with E-state index in [-0.39, 0.29) is 12.1 Å². The zero-order valence-electron chi connectivity index (χ0n) is 22.8. The van der Waals surface area contributed by atoms with Crippen LogP contribution in [0.4, 0.5) is 9.59 Å². The second-order valence-electron chi connectivity index (χ2n) is 10.2. The number of urea groups is 2. The molecule has 1 spiro atoms. The molecule has 0 radical (unpaired) electrons. The van der Waals surface area contributed by atoms with Gasteiger partial charge in [-0.2, -0.15) is 0 Å². The highest BCUT2D eigenvalue weighted by atomic mass is 16.5. The van der Waals surface area contributed by atoms with E-state index in [4.69, 9.17) is 14.2 Å². The molecule has 0 unspecified atom stereocenters. The minimum absolute atomic E-state index is 0.0205. The molecule has 0 saturated carbocycles. The predicted octanol–water partition coefficient (Wildman–Crippen LogP) is 4.54. The van der Waals surface area contributed by atoms with Crippen LogP contribution in [0.3, 0.4) is 0 Å². The minimum Gasteiger partial charge on any atom is -0.501 e. The molecule has 9 nitrogen and oxygen atoms in total. The first-order chi connectivity index (χ1) is 18.4. The van der Waals surface area contributed by atoms with Gasteiger partial charge in [-0.1, -0.05) is 12.2 Å². The minimum atomic E-state index is -0.424. The summed E-state index contributed by atoms with van der Waals surface area (Å²) >= 11 is 0. The van der Waals surface area contributed by atoms with Crippen LogP contribution in [-0.4, -0.2) is 73.3 Å². The van der Waals surface area contributed by atoms with Crippen molar-refractivity contribution in [1.29, 1.82) is 0 Å². The first-order valence-corrected chi connectivity index (χ1v) is 13.5. The molecule has 4 amide bonds. The molecule has 9 heteroatoms. The van der Waals surface area contributed by atoms with E-state index in [2.05, 4.69) is 17.5 Å². The largest absolute Gasteiger partial charge is 0.501 e. The maximum Gasteiger partial charge on any atom is 0.325 e. The van der Waals surface area contributed by atoms with E-state index in [9.17, 15) is 9.59 Å². The molecule has 0 atom stereocenters. The molecule has 2 fully saturated rings. The number of carbonyl (C=O) groups excluding carboxylic acids is 2. The number of carbonyl (C=O) groups is 2. The van der Waals surface area contributed by atoms with Gasteiger partial charge in [-0.15, -0.1) is 0 Å². The van der Waals surface area contributed by atoms with E-state index in [1.54, 1.807) is 21.3 Å². The highest BCUT2D eigenvalue weighted by Crippen LogP contribution is 2.46. The molecular formula is C29H38N4O5. The number of likely N-dealkylation sites (N-methyl/N-ethyl adjacent to an activating group) is 1. The molecule has 0 bridgehead atoms. The number of allylic oxidation sites excluding steroid dienone is 4. The fraction of sp³-hybridized carbons (Fsp3) is 0.517. The average molecular weight is 523 g/mol. The first kappa shape index (κ1) is 26.0. The van der Waals surface area contributed by atoms with E-state index in [1.165, 1.54) is 0 Å². The van der Waals surface area contributed by atoms with Gasteiger partial charge in [-0.25, -0.2) is 9.59 Å². The molecular weight excluding hydrogens is 484 g/mol. The lowest BCUT2D eigenvalue weighted by atomic mass is 9.83. The third-order valence-corrected chi connectivity index (χ3v) is 8.32. The number of fused-ring (bicyclic) bond motifs is 3. The van der Waals surface area contributed by atoms with Crippen LogP contribution in [0.2, 0.25) is 0 Å². The van der Waals surface area contributed by atoms with Crippen molar-refractivity contribution < 1.29 is 23.8 Å². The molecule has 3 aliphatic heterocycles. The monoisotopic (exact) mass is 522 g/mol. The van der Waals surface area contributed by atoms with Crippen LogP contribution in [0.5, 0.6) is 11.5 Å². The number of hydrogen-bond donors (Lipinski definition) is 1. The Hall–Kier alpha value is -3.62. The van der Waals surface area contributed by atoms with Crippen LogP contribution in [0.1, 0.15) is 50.2 Å². The molecule has 1 aliphatic carbocycles. The number of hydrogen-bond acceptors (Lipinski definition) is 5. The van der Waals surface area contributed by atoms with Crippen LogP contribution < -0.4 is 14.8 Å². The number of ether oxygens (including phenoxy) is 3. The fourth-order valence-corrected chi connectivity index (χ4v) is 6.32. The summed E-state index contributed by atoms with van der Waals surface area (Å²) in [4.78, 5) is 32.7. The molecule has 5 rings (SSSR count). The summed E-state index contributed by atoms with van der Waals surface area (Å²) < 4.78 is 16.6. The molecule has 38 heavy (non-hydrogen) atoms. The van der Waals surface area contributed by atoms with E-state index in [0.29, 0.717) is 51.2 Å². The van der Waals surface area contributed by atoms with E-state index < -0.39 is 5.54 Å². The summed E-state index contributed by atoms with van der Waals surface area (Å²) in [6.07, 6.45) is 11.0. The molecule has 204 valence electrons. The quantitative estimate of drug-likeness (QED) is 0.614. The number of amides is 4. The number of piperidine rings is 1. The zero-order chi connectivity index (χ0) is 26.9. The van der Waals surface area contributed by atoms with Crippen molar-refractivity contribution in [3.8, 4) is 11.5 Å². The predicted molar refractivity (Wildman–Crippen MR) is 144 cm³/mol. The number of nitrogens with zero attached hydrogens (tertiary/aromatic N) is 3. The van der Waals surface area contributed by atoms with Gasteiger partial charge in [0.1, 0.15) is 11.5 Å². The van der Waals surface area contributed by atoms with Gasteiger partial charge in [-0.05, 0) is 56.7 Å². The molecule has 1 N–H and O–H groups in total. The van der Waals surface area contributed by atoms with Crippen molar-refractivity contribution in [3.05, 3.63) is 58.6 Å². The topological polar surface area (TPSA) is 83.6 Å². The first-order valence-electron chi connectivity index (χ1n) is 13.5. The number of rotatable bonds is 5. The van der Waals surface area contributed by atoms with Gasteiger partial charge >= 0.3 is 12.1 Å². The maximum atomic E-state index is 13.7. The van der Waals surface area contributed by atoms with E-state index in [1.807, 2.05) is 39.8 Å². The summed E-state index contributed by atoms with van der Waals surface area (Å²) in [7, 11) is 4.97. The molecule has 2 saturated heterocycles. The van der Waals surface area contributed by atoms with Crippen molar-refractivity contribution >= 4 is 12.1 Å². The lowest BCUT2D eigenvalue weighted by Crippen LogP contribution is -2.56. The Morgan fingerprint density at radius 2 is 1.87 bits per heavy atom.